The lowest BCUT2D eigenvalue weighted by Crippen LogP contribution is -2.32. The number of thiocarbonyl (C=S) groups is 1. The number of furan rings is 1. The molecular weight excluding hydrogens is 474 g/mol. The van der Waals surface area contributed by atoms with Crippen molar-refractivity contribution in [2.45, 2.75) is 0 Å². The number of rotatable bonds is 4. The second-order valence-corrected chi connectivity index (χ2v) is 7.74. The summed E-state index contributed by atoms with van der Waals surface area (Å²) in [5.41, 5.74) is 1.19. The predicted octanol–water partition coefficient (Wildman–Crippen LogP) is 7.09. The molecule has 0 atom stereocenters. The third kappa shape index (κ3) is 5.75. The van der Waals surface area contributed by atoms with Gasteiger partial charge in [0, 0.05) is 16.7 Å². The molecule has 0 aliphatic heterocycles. The predicted molar refractivity (Wildman–Crippen MR) is 124 cm³/mol. The van der Waals surface area contributed by atoms with Crippen LogP contribution in [0.25, 0.3) is 17.4 Å². The van der Waals surface area contributed by atoms with Crippen molar-refractivity contribution in [2.75, 3.05) is 5.32 Å². The summed E-state index contributed by atoms with van der Waals surface area (Å²) >= 11 is 29.2. The lowest BCUT2D eigenvalue weighted by Gasteiger charge is -2.10. The van der Waals surface area contributed by atoms with E-state index in [9.17, 15) is 4.79 Å². The Morgan fingerprint density at radius 2 is 1.79 bits per heavy atom. The SMILES string of the molecule is O=C(/C=C/c1ccc(-c2ccc(Cl)cc2Cl)o1)NC(=S)Nc1cccc(Cl)c1Cl. The number of hydrogen-bond donors (Lipinski definition) is 2. The number of anilines is 1. The van der Waals surface area contributed by atoms with Gasteiger partial charge in [0.2, 0.25) is 5.91 Å². The molecule has 0 spiro atoms. The summed E-state index contributed by atoms with van der Waals surface area (Å²) in [4.78, 5) is 12.1. The molecule has 0 aliphatic rings. The molecule has 0 saturated heterocycles. The second kappa shape index (κ2) is 9.65. The average molecular weight is 486 g/mol. The quantitative estimate of drug-likeness (QED) is 0.306. The summed E-state index contributed by atoms with van der Waals surface area (Å²) in [6, 6.07) is 13.6. The van der Waals surface area contributed by atoms with Crippen molar-refractivity contribution in [3.05, 3.63) is 80.5 Å². The van der Waals surface area contributed by atoms with Crippen molar-refractivity contribution in [1.29, 1.82) is 0 Å². The van der Waals surface area contributed by atoms with Crippen molar-refractivity contribution in [3.63, 3.8) is 0 Å². The molecule has 1 aromatic heterocycles. The first-order valence-electron chi connectivity index (χ1n) is 8.13. The molecule has 29 heavy (non-hydrogen) atoms. The first-order valence-corrected chi connectivity index (χ1v) is 10.0. The highest BCUT2D eigenvalue weighted by Gasteiger charge is 2.10. The molecule has 2 aromatic carbocycles. The Hall–Kier alpha value is -2.02. The van der Waals surface area contributed by atoms with Gasteiger partial charge >= 0.3 is 0 Å². The summed E-state index contributed by atoms with van der Waals surface area (Å²) in [5, 5.41) is 7.10. The van der Waals surface area contributed by atoms with Crippen LogP contribution >= 0.6 is 58.6 Å². The van der Waals surface area contributed by atoms with Crippen LogP contribution in [0.3, 0.4) is 0 Å². The van der Waals surface area contributed by atoms with Crippen LogP contribution in [-0.4, -0.2) is 11.0 Å². The highest BCUT2D eigenvalue weighted by molar-refractivity contribution is 7.80. The van der Waals surface area contributed by atoms with Crippen molar-refractivity contribution in [2.24, 2.45) is 0 Å². The fourth-order valence-corrected chi connectivity index (χ4v) is 3.40. The van der Waals surface area contributed by atoms with Gasteiger partial charge in [0.15, 0.2) is 5.11 Å². The Morgan fingerprint density at radius 1 is 1.00 bits per heavy atom. The van der Waals surface area contributed by atoms with E-state index in [4.69, 9.17) is 63.0 Å². The molecule has 0 fully saturated rings. The van der Waals surface area contributed by atoms with Crippen LogP contribution in [-0.2, 0) is 4.79 Å². The summed E-state index contributed by atoms with van der Waals surface area (Å²) in [7, 11) is 0. The van der Waals surface area contributed by atoms with Gasteiger partial charge < -0.3 is 9.73 Å². The molecule has 3 aromatic rings. The largest absolute Gasteiger partial charge is 0.457 e. The molecule has 0 aliphatic carbocycles. The lowest BCUT2D eigenvalue weighted by atomic mass is 10.2. The maximum Gasteiger partial charge on any atom is 0.250 e. The first kappa shape index (κ1) is 21.7. The molecule has 0 unspecified atom stereocenters. The summed E-state index contributed by atoms with van der Waals surface area (Å²) in [6.45, 7) is 0. The minimum Gasteiger partial charge on any atom is -0.457 e. The van der Waals surface area contributed by atoms with Crippen LogP contribution < -0.4 is 10.6 Å². The highest BCUT2D eigenvalue weighted by Crippen LogP contribution is 2.32. The van der Waals surface area contributed by atoms with Crippen LogP contribution in [0.4, 0.5) is 5.69 Å². The smallest absolute Gasteiger partial charge is 0.250 e. The summed E-state index contributed by atoms with van der Waals surface area (Å²) in [6.07, 6.45) is 2.80. The summed E-state index contributed by atoms with van der Waals surface area (Å²) in [5.74, 6) is 0.584. The number of carbonyl (C=O) groups excluding carboxylic acids is 1. The van der Waals surface area contributed by atoms with Crippen LogP contribution in [0.15, 0.2) is 59.0 Å². The van der Waals surface area contributed by atoms with E-state index in [1.54, 1.807) is 48.5 Å². The van der Waals surface area contributed by atoms with Gasteiger partial charge in [-0.2, -0.15) is 0 Å². The topological polar surface area (TPSA) is 54.3 Å². The van der Waals surface area contributed by atoms with Gasteiger partial charge in [-0.3, -0.25) is 10.1 Å². The van der Waals surface area contributed by atoms with E-state index < -0.39 is 5.91 Å². The Kier molecular flexibility index (Phi) is 7.22. The van der Waals surface area contributed by atoms with E-state index in [2.05, 4.69) is 10.6 Å². The minimum atomic E-state index is -0.442. The van der Waals surface area contributed by atoms with Crippen molar-refractivity contribution in [1.82, 2.24) is 5.32 Å². The Labute approximate surface area is 192 Å². The maximum absolute atomic E-state index is 12.1. The van der Waals surface area contributed by atoms with Crippen molar-refractivity contribution < 1.29 is 9.21 Å². The molecule has 0 bridgehead atoms. The molecule has 2 N–H and O–H groups in total. The van der Waals surface area contributed by atoms with Gasteiger partial charge in [-0.1, -0.05) is 52.5 Å². The van der Waals surface area contributed by atoms with E-state index >= 15 is 0 Å². The number of amides is 1. The number of carbonyl (C=O) groups is 1. The Balaban J connectivity index is 1.61. The molecule has 9 heteroatoms. The zero-order chi connectivity index (χ0) is 21.0. The molecule has 1 amide bonds. The Bertz CT molecular complexity index is 1110. The fraction of sp³-hybridized carbons (Fsp3) is 0. The highest BCUT2D eigenvalue weighted by atomic mass is 35.5. The second-order valence-electron chi connectivity index (χ2n) is 5.70. The fourth-order valence-electron chi connectivity index (χ4n) is 2.34. The zero-order valence-corrected chi connectivity index (χ0v) is 18.4. The van der Waals surface area contributed by atoms with Crippen molar-refractivity contribution in [3.8, 4) is 11.3 Å². The zero-order valence-electron chi connectivity index (χ0n) is 14.5. The summed E-state index contributed by atoms with van der Waals surface area (Å²) < 4.78 is 5.70. The molecule has 1 heterocycles. The van der Waals surface area contributed by atoms with Crippen LogP contribution in [0.2, 0.25) is 20.1 Å². The van der Waals surface area contributed by atoms with E-state index in [-0.39, 0.29) is 5.11 Å². The van der Waals surface area contributed by atoms with Crippen LogP contribution in [0.5, 0.6) is 0 Å². The van der Waals surface area contributed by atoms with E-state index in [0.717, 1.165) is 0 Å². The molecular formula is C20H12Cl4N2O2S. The van der Waals surface area contributed by atoms with Crippen molar-refractivity contribution >= 4 is 81.4 Å². The van der Waals surface area contributed by atoms with E-state index in [1.165, 1.54) is 12.2 Å². The number of halogens is 4. The van der Waals surface area contributed by atoms with Gasteiger partial charge in [0.1, 0.15) is 11.5 Å². The molecule has 0 radical (unpaired) electrons. The third-order valence-electron chi connectivity index (χ3n) is 3.66. The van der Waals surface area contributed by atoms with Gasteiger partial charge in [-0.15, -0.1) is 0 Å². The normalized spacial score (nSPS) is 10.9. The van der Waals surface area contributed by atoms with Crippen LogP contribution in [0.1, 0.15) is 5.76 Å². The maximum atomic E-state index is 12.1. The number of benzene rings is 2. The van der Waals surface area contributed by atoms with Gasteiger partial charge in [-0.25, -0.2) is 0 Å². The van der Waals surface area contributed by atoms with E-state index in [0.29, 0.717) is 42.9 Å². The minimum absolute atomic E-state index is 0.0805. The standard InChI is InChI=1S/C20H12Cl4N2O2S/c21-11-4-7-13(15(23)10-11)17-8-5-12(28-17)6-9-18(27)26-20(29)25-16-3-1-2-14(22)19(16)24/h1-10H,(H2,25,26,27,29)/b9-6+. The first-order chi connectivity index (χ1) is 13.8. The number of hydrogen-bond acceptors (Lipinski definition) is 3. The average Bonchev–Trinajstić information content (AvgIpc) is 3.12. The number of nitrogens with one attached hydrogen (secondary N) is 2. The molecule has 4 nitrogen and oxygen atoms in total. The van der Waals surface area contributed by atoms with Gasteiger partial charge in [-0.05, 0) is 60.8 Å². The third-order valence-corrected chi connectivity index (χ3v) is 5.23. The van der Waals surface area contributed by atoms with Gasteiger partial charge in [0.05, 0.1) is 20.8 Å². The lowest BCUT2D eigenvalue weighted by molar-refractivity contribution is -0.115. The van der Waals surface area contributed by atoms with E-state index in [1.807, 2.05) is 0 Å². The van der Waals surface area contributed by atoms with Crippen LogP contribution in [0, 0.1) is 0 Å². The monoisotopic (exact) mass is 484 g/mol. The molecule has 3 rings (SSSR count). The molecule has 0 saturated carbocycles. The van der Waals surface area contributed by atoms with Gasteiger partial charge in [0.25, 0.3) is 0 Å². The molecule has 148 valence electrons. The Morgan fingerprint density at radius 3 is 2.55 bits per heavy atom.